The fourth-order valence-corrected chi connectivity index (χ4v) is 4.56. The molecular weight excluding hydrogens is 558 g/mol. The maximum atomic E-state index is 13.7. The van der Waals surface area contributed by atoms with E-state index in [4.69, 9.17) is 14.2 Å². The molecule has 4 rings (SSSR count). The molecule has 0 spiro atoms. The van der Waals surface area contributed by atoms with E-state index in [0.29, 0.717) is 28.3 Å². The molecule has 0 unspecified atom stereocenters. The van der Waals surface area contributed by atoms with Gasteiger partial charge in [0.15, 0.2) is 0 Å². The first-order valence-electron chi connectivity index (χ1n) is 12.9. The molecule has 0 aromatic heterocycles. The minimum Gasteiger partial charge on any atom is -0.497 e. The van der Waals surface area contributed by atoms with Gasteiger partial charge in [0.1, 0.15) is 23.9 Å². The van der Waals surface area contributed by atoms with Gasteiger partial charge in [0.2, 0.25) is 0 Å². The number of benzene rings is 3. The average Bonchev–Trinajstić information content (AvgIpc) is 3.44. The van der Waals surface area contributed by atoms with Gasteiger partial charge in [0, 0.05) is 37.3 Å². The summed E-state index contributed by atoms with van der Waals surface area (Å²) in [6.07, 6.45) is -4.29. The van der Waals surface area contributed by atoms with Gasteiger partial charge in [-0.3, -0.25) is 9.59 Å². The molecule has 1 aliphatic heterocycles. The van der Waals surface area contributed by atoms with Crippen LogP contribution in [-0.4, -0.2) is 68.5 Å². The molecule has 42 heavy (non-hydrogen) atoms. The molecule has 3 aromatic carbocycles. The average molecular weight is 588 g/mol. The van der Waals surface area contributed by atoms with E-state index in [1.165, 1.54) is 43.4 Å². The molecule has 222 valence electrons. The minimum absolute atomic E-state index is 0.0000245. The quantitative estimate of drug-likeness (QED) is 0.300. The largest absolute Gasteiger partial charge is 0.497 e. The molecule has 1 aliphatic rings. The van der Waals surface area contributed by atoms with E-state index in [1.807, 2.05) is 0 Å². The van der Waals surface area contributed by atoms with Crippen molar-refractivity contribution in [1.29, 1.82) is 0 Å². The maximum absolute atomic E-state index is 13.7. The van der Waals surface area contributed by atoms with Gasteiger partial charge in [-0.25, -0.2) is 9.40 Å². The molecule has 0 aliphatic carbocycles. The number of nitrogens with zero attached hydrogens (tertiary/aromatic N) is 3. The summed E-state index contributed by atoms with van der Waals surface area (Å²) < 4.78 is 68.7. The van der Waals surface area contributed by atoms with Crippen molar-refractivity contribution in [3.05, 3.63) is 94.8 Å². The third-order valence-electron chi connectivity index (χ3n) is 6.78. The van der Waals surface area contributed by atoms with Crippen molar-refractivity contribution in [2.24, 2.45) is 5.10 Å². The predicted octanol–water partition coefficient (Wildman–Crippen LogP) is 5.33. The zero-order valence-corrected chi connectivity index (χ0v) is 23.2. The lowest BCUT2D eigenvalue weighted by Crippen LogP contribution is -2.42. The van der Waals surface area contributed by atoms with Crippen LogP contribution < -0.4 is 9.47 Å². The summed E-state index contributed by atoms with van der Waals surface area (Å²) in [6, 6.07) is 14.0. The van der Waals surface area contributed by atoms with Crippen LogP contribution in [0.25, 0.3) is 0 Å². The maximum Gasteiger partial charge on any atom is 0.416 e. The Balaban J connectivity index is 1.65. The Hall–Kier alpha value is -4.45. The molecule has 0 bridgehead atoms. The highest BCUT2D eigenvalue weighted by atomic mass is 19.4. The Bertz CT molecular complexity index is 1440. The summed E-state index contributed by atoms with van der Waals surface area (Å²) in [6.45, 7) is -0.351. The summed E-state index contributed by atoms with van der Waals surface area (Å²) >= 11 is 0. The van der Waals surface area contributed by atoms with Gasteiger partial charge in [-0.15, -0.1) is 0 Å². The van der Waals surface area contributed by atoms with Gasteiger partial charge in [-0.2, -0.15) is 18.3 Å². The van der Waals surface area contributed by atoms with Crippen molar-refractivity contribution in [2.45, 2.75) is 18.6 Å². The second kappa shape index (κ2) is 13.0. The van der Waals surface area contributed by atoms with Crippen molar-refractivity contribution in [3.8, 4) is 11.5 Å². The van der Waals surface area contributed by atoms with E-state index in [1.54, 1.807) is 30.3 Å². The topological polar surface area (TPSA) is 80.7 Å². The van der Waals surface area contributed by atoms with Crippen molar-refractivity contribution in [2.75, 3.05) is 41.0 Å². The molecule has 1 atom stereocenters. The Morgan fingerprint density at radius 1 is 0.976 bits per heavy atom. The van der Waals surface area contributed by atoms with Crippen molar-refractivity contribution in [3.63, 3.8) is 0 Å². The van der Waals surface area contributed by atoms with E-state index in [2.05, 4.69) is 5.10 Å². The zero-order chi connectivity index (χ0) is 30.4. The number of methoxy groups -OCH3 is 3. The van der Waals surface area contributed by atoms with Crippen LogP contribution in [0, 0.1) is 5.82 Å². The van der Waals surface area contributed by atoms with Crippen LogP contribution in [0.2, 0.25) is 0 Å². The Labute approximate surface area is 240 Å². The third kappa shape index (κ3) is 6.88. The molecular formula is C30H29F4N3O5. The van der Waals surface area contributed by atoms with Gasteiger partial charge in [-0.05, 0) is 54.1 Å². The van der Waals surface area contributed by atoms with Crippen LogP contribution in [0.3, 0.4) is 0 Å². The molecule has 2 amide bonds. The monoisotopic (exact) mass is 587 g/mol. The standard InChI is InChI=1S/C30H29F4N3O5/c1-40-15-14-36(29(39)20-4-8-21(9-5-20)30(32,33)34)18-28(38)37-26(19-6-10-22(31)11-7-19)17-25(35-37)24-13-12-23(41-2)16-27(24)42-3/h4-13,16,26H,14-15,17-18H2,1-3H3/t26-/m1/s1. The summed E-state index contributed by atoms with van der Waals surface area (Å²) in [4.78, 5) is 28.2. The van der Waals surface area contributed by atoms with Gasteiger partial charge in [-0.1, -0.05) is 12.1 Å². The van der Waals surface area contributed by atoms with Gasteiger partial charge >= 0.3 is 6.18 Å². The van der Waals surface area contributed by atoms with E-state index in [0.717, 1.165) is 24.3 Å². The number of rotatable bonds is 10. The number of alkyl halides is 3. The molecule has 0 saturated heterocycles. The number of hydrazone groups is 1. The SMILES string of the molecule is COCCN(CC(=O)N1N=C(c2ccc(OC)cc2OC)C[C@@H]1c1ccc(F)cc1)C(=O)c1ccc(C(F)(F)F)cc1. The highest BCUT2D eigenvalue weighted by Crippen LogP contribution is 2.36. The van der Waals surface area contributed by atoms with Gasteiger partial charge in [0.25, 0.3) is 11.8 Å². The van der Waals surface area contributed by atoms with Crippen LogP contribution >= 0.6 is 0 Å². The summed E-state index contributed by atoms with van der Waals surface area (Å²) in [5.74, 6) is -0.608. The van der Waals surface area contributed by atoms with Crippen molar-refractivity contribution >= 4 is 17.5 Å². The zero-order valence-electron chi connectivity index (χ0n) is 23.2. The lowest BCUT2D eigenvalue weighted by atomic mass is 9.97. The number of carbonyl (C=O) groups excluding carboxylic acids is 2. The highest BCUT2D eigenvalue weighted by molar-refractivity contribution is 6.05. The van der Waals surface area contributed by atoms with Gasteiger partial charge in [0.05, 0.1) is 38.1 Å². The first-order chi connectivity index (χ1) is 20.0. The highest BCUT2D eigenvalue weighted by Gasteiger charge is 2.36. The van der Waals surface area contributed by atoms with Crippen molar-refractivity contribution < 1.29 is 41.4 Å². The number of amides is 2. The molecule has 0 radical (unpaired) electrons. The predicted molar refractivity (Wildman–Crippen MR) is 146 cm³/mol. The first kappa shape index (κ1) is 30.5. The lowest BCUT2D eigenvalue weighted by molar-refractivity contribution is -0.137. The molecule has 12 heteroatoms. The van der Waals surface area contributed by atoms with E-state index in [-0.39, 0.29) is 25.1 Å². The second-order valence-corrected chi connectivity index (χ2v) is 9.42. The van der Waals surface area contributed by atoms with Crippen LogP contribution in [0.5, 0.6) is 11.5 Å². The number of halogens is 4. The van der Waals surface area contributed by atoms with Crippen LogP contribution in [0.1, 0.15) is 39.5 Å². The van der Waals surface area contributed by atoms with E-state index < -0.39 is 42.0 Å². The summed E-state index contributed by atoms with van der Waals surface area (Å²) in [7, 11) is 4.44. The van der Waals surface area contributed by atoms with Crippen LogP contribution in [0.4, 0.5) is 17.6 Å². The molecule has 0 saturated carbocycles. The van der Waals surface area contributed by atoms with Crippen LogP contribution in [0.15, 0.2) is 71.8 Å². The third-order valence-corrected chi connectivity index (χ3v) is 6.78. The first-order valence-corrected chi connectivity index (χ1v) is 12.9. The Morgan fingerprint density at radius 2 is 1.67 bits per heavy atom. The number of hydrogen-bond donors (Lipinski definition) is 0. The minimum atomic E-state index is -4.55. The molecule has 0 fully saturated rings. The van der Waals surface area contributed by atoms with E-state index >= 15 is 0 Å². The second-order valence-electron chi connectivity index (χ2n) is 9.42. The number of carbonyl (C=O) groups is 2. The van der Waals surface area contributed by atoms with E-state index in [9.17, 15) is 27.2 Å². The molecule has 1 heterocycles. The van der Waals surface area contributed by atoms with Gasteiger partial charge < -0.3 is 19.1 Å². The Kier molecular flexibility index (Phi) is 9.46. The van der Waals surface area contributed by atoms with Crippen molar-refractivity contribution in [1.82, 2.24) is 9.91 Å². The fourth-order valence-electron chi connectivity index (χ4n) is 4.56. The molecule has 3 aromatic rings. The number of ether oxygens (including phenoxy) is 3. The molecule has 0 N–H and O–H groups in total. The number of hydrogen-bond acceptors (Lipinski definition) is 6. The van der Waals surface area contributed by atoms with Crippen LogP contribution in [-0.2, 0) is 15.7 Å². The molecule has 8 nitrogen and oxygen atoms in total. The summed E-state index contributed by atoms with van der Waals surface area (Å²) in [5.41, 5.74) is 0.852. The fraction of sp³-hybridized carbons (Fsp3) is 0.300. The normalized spacial score (nSPS) is 14.9. The lowest BCUT2D eigenvalue weighted by Gasteiger charge is -2.27. The smallest absolute Gasteiger partial charge is 0.416 e. The summed E-state index contributed by atoms with van der Waals surface area (Å²) in [5, 5.41) is 5.84. The Morgan fingerprint density at radius 3 is 2.26 bits per heavy atom.